The zero-order valence-electron chi connectivity index (χ0n) is 7.84. The number of halogens is 4. The van der Waals surface area contributed by atoms with Gasteiger partial charge in [0.05, 0.1) is 4.32 Å². The van der Waals surface area contributed by atoms with Crippen LogP contribution in [-0.4, -0.2) is 14.0 Å². The van der Waals surface area contributed by atoms with Crippen molar-refractivity contribution in [1.82, 2.24) is 0 Å². The van der Waals surface area contributed by atoms with E-state index in [0.717, 1.165) is 29.6 Å². The zero-order chi connectivity index (χ0) is 10.5. The summed E-state index contributed by atoms with van der Waals surface area (Å²) in [5.41, 5.74) is 0. The van der Waals surface area contributed by atoms with Crippen LogP contribution >= 0.6 is 63.7 Å². The first-order valence-electron chi connectivity index (χ1n) is 5.41. The van der Waals surface area contributed by atoms with E-state index < -0.39 is 0 Å². The summed E-state index contributed by atoms with van der Waals surface area (Å²) in [6.07, 6.45) is 3.86. The third-order valence-corrected chi connectivity index (χ3v) is 10.4. The van der Waals surface area contributed by atoms with Crippen LogP contribution in [0.5, 0.6) is 0 Å². The molecule has 0 N–H and O–H groups in total. The fourth-order valence-corrected chi connectivity index (χ4v) is 10.0. The summed E-state index contributed by atoms with van der Waals surface area (Å²) in [6.45, 7) is 0. The van der Waals surface area contributed by atoms with Crippen molar-refractivity contribution < 1.29 is 0 Å². The van der Waals surface area contributed by atoms with Gasteiger partial charge in [-0.2, -0.15) is 0 Å². The zero-order valence-corrected chi connectivity index (χ0v) is 14.2. The third-order valence-electron chi connectivity index (χ3n) is 5.07. The Balaban J connectivity index is 1.96. The predicted octanol–water partition coefficient (Wildman–Crippen LogP) is 4.45. The van der Waals surface area contributed by atoms with Gasteiger partial charge < -0.3 is 0 Å². The van der Waals surface area contributed by atoms with E-state index in [1.54, 1.807) is 0 Å². The van der Waals surface area contributed by atoms with Crippen LogP contribution in [0.3, 0.4) is 0 Å². The van der Waals surface area contributed by atoms with E-state index in [9.17, 15) is 0 Å². The van der Waals surface area contributed by atoms with E-state index in [0.29, 0.717) is 9.65 Å². The van der Waals surface area contributed by atoms with Crippen LogP contribution in [0, 0.1) is 29.6 Å². The number of alkyl halides is 3. The monoisotopic (exact) mass is 458 g/mol. The van der Waals surface area contributed by atoms with Gasteiger partial charge in [0, 0.05) is 9.65 Å². The summed E-state index contributed by atoms with van der Waals surface area (Å²) >= 11 is 15.7. The Bertz CT molecular complexity index is 379. The normalized spacial score (nSPS) is 69.1. The topological polar surface area (TPSA) is 0 Å². The van der Waals surface area contributed by atoms with Gasteiger partial charge in [0.15, 0.2) is 0 Å². The van der Waals surface area contributed by atoms with Crippen molar-refractivity contribution in [3.63, 3.8) is 0 Å². The Morgan fingerprint density at radius 2 is 2.00 bits per heavy atom. The Morgan fingerprint density at radius 3 is 2.73 bits per heavy atom. The molecule has 3 fully saturated rings. The minimum Gasteiger partial charge on any atom is -0.0884 e. The molecule has 3 saturated carbocycles. The summed E-state index contributed by atoms with van der Waals surface area (Å²) in [6, 6.07) is 0. The van der Waals surface area contributed by atoms with Crippen LogP contribution in [0.2, 0.25) is 0 Å². The molecule has 4 aliphatic carbocycles. The molecule has 0 amide bonds. The fourth-order valence-electron chi connectivity index (χ4n) is 4.71. The molecule has 4 aliphatic rings. The second-order valence-electron chi connectivity index (χ2n) is 5.40. The number of hydrogen-bond donors (Lipinski definition) is 0. The number of rotatable bonds is 0. The van der Waals surface area contributed by atoms with Crippen molar-refractivity contribution in [2.45, 2.75) is 20.4 Å². The Kier molecular flexibility index (Phi) is 2.09. The van der Waals surface area contributed by atoms with E-state index in [2.05, 4.69) is 69.8 Å². The molecular formula is C11H10Br4. The molecule has 8 atom stereocenters. The molecule has 0 spiro atoms. The second-order valence-corrected chi connectivity index (χ2v) is 9.73. The maximum absolute atomic E-state index is 4.02. The van der Waals surface area contributed by atoms with Gasteiger partial charge in [0.1, 0.15) is 0 Å². The quantitative estimate of drug-likeness (QED) is 0.468. The van der Waals surface area contributed by atoms with Gasteiger partial charge in [0.25, 0.3) is 0 Å². The van der Waals surface area contributed by atoms with E-state index in [1.165, 1.54) is 10.9 Å². The fraction of sp³-hybridized carbons (Fsp3) is 0.818. The molecule has 2 bridgehead atoms. The van der Waals surface area contributed by atoms with E-state index in [-0.39, 0.29) is 4.32 Å². The lowest BCUT2D eigenvalue weighted by Gasteiger charge is -2.30. The summed E-state index contributed by atoms with van der Waals surface area (Å²) in [7, 11) is 0. The number of fused-ring (bicyclic) bond motifs is 2. The highest BCUT2D eigenvalue weighted by atomic mass is 79.9. The molecule has 0 aromatic heterocycles. The maximum atomic E-state index is 4.02. The highest BCUT2D eigenvalue weighted by Crippen LogP contribution is 2.75. The van der Waals surface area contributed by atoms with Crippen LogP contribution in [0.1, 0.15) is 6.42 Å². The van der Waals surface area contributed by atoms with Crippen LogP contribution in [0.4, 0.5) is 0 Å². The number of hydrogen-bond acceptors (Lipinski definition) is 0. The first-order chi connectivity index (χ1) is 7.05. The van der Waals surface area contributed by atoms with Crippen molar-refractivity contribution in [2.75, 3.05) is 0 Å². The van der Waals surface area contributed by atoms with E-state index in [4.69, 9.17) is 0 Å². The molecule has 0 nitrogen and oxygen atoms in total. The highest BCUT2D eigenvalue weighted by molar-refractivity contribution is 9.13. The van der Waals surface area contributed by atoms with Crippen molar-refractivity contribution >= 4 is 63.7 Å². The summed E-state index contributed by atoms with van der Waals surface area (Å²) in [5.74, 6) is 4.21. The summed E-state index contributed by atoms with van der Waals surface area (Å²) in [5, 5.41) is 0. The van der Waals surface area contributed by atoms with Gasteiger partial charge in [-0.25, -0.2) is 0 Å². The van der Waals surface area contributed by atoms with Crippen molar-refractivity contribution in [1.29, 1.82) is 0 Å². The lowest BCUT2D eigenvalue weighted by atomic mass is 9.81. The van der Waals surface area contributed by atoms with Crippen LogP contribution < -0.4 is 0 Å². The Morgan fingerprint density at radius 1 is 1.27 bits per heavy atom. The predicted molar refractivity (Wildman–Crippen MR) is 76.2 cm³/mol. The highest BCUT2D eigenvalue weighted by Gasteiger charge is 2.73. The van der Waals surface area contributed by atoms with Crippen LogP contribution in [-0.2, 0) is 0 Å². The average Bonchev–Trinajstić information content (AvgIpc) is 2.79. The van der Waals surface area contributed by atoms with Gasteiger partial charge in [-0.1, -0.05) is 69.8 Å². The Hall–Kier alpha value is 1.66. The molecule has 0 unspecified atom stereocenters. The van der Waals surface area contributed by atoms with E-state index >= 15 is 0 Å². The minimum atomic E-state index is 0.225. The molecule has 0 saturated heterocycles. The Labute approximate surface area is 123 Å². The molecule has 82 valence electrons. The summed E-state index contributed by atoms with van der Waals surface area (Å²) in [4.78, 5) is 1.31. The van der Waals surface area contributed by atoms with Gasteiger partial charge in [-0.3, -0.25) is 0 Å². The SMILES string of the molecule is BrC1=C[C@@]2(Br)[C@@H]3[C@@H]4C[C@H]([C@@H](Br)[C@H]4[C@H]2Br)[C@@H]13. The van der Waals surface area contributed by atoms with Gasteiger partial charge in [0.2, 0.25) is 0 Å². The first-order valence-corrected chi connectivity index (χ1v) is 8.82. The molecule has 0 aromatic carbocycles. The van der Waals surface area contributed by atoms with Crippen molar-refractivity contribution in [2.24, 2.45) is 29.6 Å². The maximum Gasteiger partial charge on any atom is 0.0612 e. The molecule has 0 heterocycles. The van der Waals surface area contributed by atoms with Gasteiger partial charge in [-0.05, 0) is 40.5 Å². The molecule has 15 heavy (non-hydrogen) atoms. The smallest absolute Gasteiger partial charge is 0.0612 e. The molecule has 0 radical (unpaired) electrons. The lowest BCUT2D eigenvalue weighted by Crippen LogP contribution is -2.30. The van der Waals surface area contributed by atoms with E-state index in [1.807, 2.05) is 0 Å². The largest absolute Gasteiger partial charge is 0.0884 e. The standard InChI is InChI=1S/C11H10Br4/c12-5-2-11(15)8-3-1-4(6(5)8)9(13)7(3)10(11)14/h2-4,6-10H,1H2/t3-,4+,6+,7+,8-,9-,10-,11-/m1/s1. The average molecular weight is 462 g/mol. The van der Waals surface area contributed by atoms with Gasteiger partial charge in [-0.15, -0.1) is 0 Å². The second kappa shape index (κ2) is 2.97. The van der Waals surface area contributed by atoms with Crippen molar-refractivity contribution in [3.8, 4) is 0 Å². The third kappa shape index (κ3) is 0.978. The first kappa shape index (κ1) is 10.6. The lowest BCUT2D eigenvalue weighted by molar-refractivity contribution is 0.286. The molecule has 4 heteroatoms. The van der Waals surface area contributed by atoms with Crippen molar-refractivity contribution in [3.05, 3.63) is 10.6 Å². The van der Waals surface area contributed by atoms with Crippen LogP contribution in [0.15, 0.2) is 10.6 Å². The molecule has 0 aromatic rings. The number of allylic oxidation sites excluding steroid dienone is 2. The summed E-state index contributed by atoms with van der Waals surface area (Å²) < 4.78 is 1.67. The molecular weight excluding hydrogens is 452 g/mol. The van der Waals surface area contributed by atoms with Gasteiger partial charge >= 0.3 is 0 Å². The molecule has 4 rings (SSSR count). The molecule has 0 aliphatic heterocycles. The van der Waals surface area contributed by atoms with Crippen LogP contribution in [0.25, 0.3) is 0 Å². The minimum absolute atomic E-state index is 0.225.